The van der Waals surface area contributed by atoms with Crippen LogP contribution in [0.5, 0.6) is 5.75 Å². The summed E-state index contributed by atoms with van der Waals surface area (Å²) >= 11 is 0. The number of nitrogens with zero attached hydrogens (tertiary/aromatic N) is 2. The quantitative estimate of drug-likeness (QED) is 0.888. The molecule has 1 aliphatic heterocycles. The van der Waals surface area contributed by atoms with E-state index >= 15 is 0 Å². The number of aromatic nitrogens is 2. The van der Waals surface area contributed by atoms with E-state index in [2.05, 4.69) is 15.3 Å². The topological polar surface area (TPSA) is 47.0 Å². The zero-order valence-corrected chi connectivity index (χ0v) is 10.3. The number of methoxy groups -OCH3 is 1. The minimum absolute atomic E-state index is 0.761. The van der Waals surface area contributed by atoms with Crippen LogP contribution in [-0.4, -0.2) is 17.1 Å². The molecule has 0 radical (unpaired) electrons. The van der Waals surface area contributed by atoms with Gasteiger partial charge >= 0.3 is 0 Å². The van der Waals surface area contributed by atoms with Crippen LogP contribution >= 0.6 is 0 Å². The largest absolute Gasteiger partial charge is 0.497 e. The molecule has 0 saturated heterocycles. The van der Waals surface area contributed by atoms with Gasteiger partial charge < -0.3 is 10.1 Å². The van der Waals surface area contributed by atoms with Gasteiger partial charge in [0.25, 0.3) is 0 Å². The van der Waals surface area contributed by atoms with E-state index in [9.17, 15) is 0 Å². The molecule has 2 aromatic rings. The standard InChI is InChI=1S/C14H15N3O/c1-18-12-4-2-10(3-5-12)6-14-16-8-11-7-15-9-13(11)17-14/h2-5,8,15H,6-7,9H2,1H3. The monoisotopic (exact) mass is 241 g/mol. The molecule has 0 atom stereocenters. The van der Waals surface area contributed by atoms with Gasteiger partial charge in [-0.3, -0.25) is 0 Å². The van der Waals surface area contributed by atoms with Gasteiger partial charge in [0.15, 0.2) is 0 Å². The van der Waals surface area contributed by atoms with Crippen LogP contribution in [0.25, 0.3) is 0 Å². The molecule has 0 bridgehead atoms. The highest BCUT2D eigenvalue weighted by Crippen LogP contribution is 2.15. The molecule has 4 nitrogen and oxygen atoms in total. The Bertz CT molecular complexity index is 551. The van der Waals surface area contributed by atoms with E-state index in [0.29, 0.717) is 0 Å². The maximum Gasteiger partial charge on any atom is 0.132 e. The van der Waals surface area contributed by atoms with Gasteiger partial charge in [-0.2, -0.15) is 0 Å². The summed E-state index contributed by atoms with van der Waals surface area (Å²) in [5.74, 6) is 1.75. The van der Waals surface area contributed by atoms with Gasteiger partial charge in [-0.15, -0.1) is 0 Å². The van der Waals surface area contributed by atoms with Crippen molar-refractivity contribution in [3.05, 3.63) is 53.1 Å². The molecule has 1 aliphatic rings. The first kappa shape index (κ1) is 11.2. The molecule has 4 heteroatoms. The summed E-state index contributed by atoms with van der Waals surface area (Å²) in [5, 5.41) is 3.27. The van der Waals surface area contributed by atoms with Crippen molar-refractivity contribution in [2.75, 3.05) is 7.11 Å². The molecule has 3 rings (SSSR count). The first-order chi connectivity index (χ1) is 8.85. The Kier molecular flexibility index (Phi) is 2.94. The van der Waals surface area contributed by atoms with Crippen molar-refractivity contribution in [3.63, 3.8) is 0 Å². The van der Waals surface area contributed by atoms with Gasteiger partial charge in [0, 0.05) is 31.3 Å². The minimum atomic E-state index is 0.761. The van der Waals surface area contributed by atoms with Gasteiger partial charge in [-0.25, -0.2) is 9.97 Å². The van der Waals surface area contributed by atoms with Gasteiger partial charge in [0.1, 0.15) is 11.6 Å². The molecule has 1 N–H and O–H groups in total. The minimum Gasteiger partial charge on any atom is -0.497 e. The molecule has 1 aromatic carbocycles. The molecule has 0 fully saturated rings. The van der Waals surface area contributed by atoms with Crippen LogP contribution in [0.1, 0.15) is 22.6 Å². The van der Waals surface area contributed by atoms with Crippen LogP contribution in [0.3, 0.4) is 0 Å². The fourth-order valence-corrected chi connectivity index (χ4v) is 2.11. The van der Waals surface area contributed by atoms with Crippen LogP contribution < -0.4 is 10.1 Å². The van der Waals surface area contributed by atoms with Crippen molar-refractivity contribution in [2.24, 2.45) is 0 Å². The van der Waals surface area contributed by atoms with E-state index in [0.717, 1.165) is 36.8 Å². The van der Waals surface area contributed by atoms with Gasteiger partial charge in [0.05, 0.1) is 12.8 Å². The molecule has 0 saturated carbocycles. The Labute approximate surface area is 106 Å². The normalized spacial score (nSPS) is 13.4. The fraction of sp³-hybridized carbons (Fsp3) is 0.286. The van der Waals surface area contributed by atoms with Crippen LogP contribution in [0.2, 0.25) is 0 Å². The molecule has 2 heterocycles. The zero-order valence-electron chi connectivity index (χ0n) is 10.3. The maximum atomic E-state index is 5.14. The van der Waals surface area contributed by atoms with Crippen LogP contribution in [0.4, 0.5) is 0 Å². The average Bonchev–Trinajstić information content (AvgIpc) is 2.87. The Hall–Kier alpha value is -1.94. The highest BCUT2D eigenvalue weighted by Gasteiger charge is 2.12. The van der Waals surface area contributed by atoms with Gasteiger partial charge in [-0.05, 0) is 17.7 Å². The van der Waals surface area contributed by atoms with Crippen LogP contribution in [0, 0.1) is 0 Å². The van der Waals surface area contributed by atoms with Crippen molar-refractivity contribution in [2.45, 2.75) is 19.5 Å². The summed E-state index contributed by atoms with van der Waals surface area (Å²) in [6, 6.07) is 8.02. The number of nitrogens with one attached hydrogen (secondary N) is 1. The number of fused-ring (bicyclic) bond motifs is 1. The summed E-state index contributed by atoms with van der Waals surface area (Å²) in [7, 11) is 1.67. The van der Waals surface area contributed by atoms with E-state index in [1.807, 2.05) is 30.5 Å². The molecular formula is C14H15N3O. The average molecular weight is 241 g/mol. The second kappa shape index (κ2) is 4.74. The smallest absolute Gasteiger partial charge is 0.132 e. The van der Waals surface area contributed by atoms with E-state index < -0.39 is 0 Å². The molecule has 0 amide bonds. The summed E-state index contributed by atoms with van der Waals surface area (Å²) in [6.07, 6.45) is 2.69. The predicted octanol–water partition coefficient (Wildman–Crippen LogP) is 1.68. The van der Waals surface area contributed by atoms with Crippen molar-refractivity contribution in [1.82, 2.24) is 15.3 Å². The van der Waals surface area contributed by atoms with Gasteiger partial charge in [-0.1, -0.05) is 12.1 Å². The number of hydrogen-bond donors (Lipinski definition) is 1. The molecule has 0 aliphatic carbocycles. The highest BCUT2D eigenvalue weighted by atomic mass is 16.5. The van der Waals surface area contributed by atoms with E-state index in [1.54, 1.807) is 7.11 Å². The summed E-state index contributed by atoms with van der Waals surface area (Å²) in [6.45, 7) is 1.74. The SMILES string of the molecule is COc1ccc(Cc2ncc3c(n2)CNC3)cc1. The molecule has 0 spiro atoms. The second-order valence-electron chi connectivity index (χ2n) is 4.39. The van der Waals surface area contributed by atoms with Crippen molar-refractivity contribution in [3.8, 4) is 5.75 Å². The van der Waals surface area contributed by atoms with E-state index in [1.165, 1.54) is 11.1 Å². The van der Waals surface area contributed by atoms with Crippen molar-refractivity contribution >= 4 is 0 Å². The van der Waals surface area contributed by atoms with Crippen molar-refractivity contribution < 1.29 is 4.74 Å². The molecule has 1 aromatic heterocycles. The Morgan fingerprint density at radius 2 is 2.06 bits per heavy atom. The highest BCUT2D eigenvalue weighted by molar-refractivity contribution is 5.29. The Balaban J connectivity index is 1.79. The lowest BCUT2D eigenvalue weighted by Gasteiger charge is -2.04. The van der Waals surface area contributed by atoms with Gasteiger partial charge in [0.2, 0.25) is 0 Å². The first-order valence-electron chi connectivity index (χ1n) is 6.02. The van der Waals surface area contributed by atoms with Crippen molar-refractivity contribution in [1.29, 1.82) is 0 Å². The number of rotatable bonds is 3. The van der Waals surface area contributed by atoms with E-state index in [-0.39, 0.29) is 0 Å². The lowest BCUT2D eigenvalue weighted by atomic mass is 10.1. The number of ether oxygens (including phenoxy) is 1. The summed E-state index contributed by atoms with van der Waals surface area (Å²) < 4.78 is 5.14. The summed E-state index contributed by atoms with van der Waals surface area (Å²) in [4.78, 5) is 8.99. The third-order valence-corrected chi connectivity index (χ3v) is 3.13. The number of benzene rings is 1. The lowest BCUT2D eigenvalue weighted by Crippen LogP contribution is -2.02. The van der Waals surface area contributed by atoms with Crippen LogP contribution in [0.15, 0.2) is 30.5 Å². The third-order valence-electron chi connectivity index (χ3n) is 3.13. The molecule has 92 valence electrons. The lowest BCUT2D eigenvalue weighted by molar-refractivity contribution is 0.414. The van der Waals surface area contributed by atoms with Crippen LogP contribution in [-0.2, 0) is 19.5 Å². The molecule has 18 heavy (non-hydrogen) atoms. The fourth-order valence-electron chi connectivity index (χ4n) is 2.11. The second-order valence-corrected chi connectivity index (χ2v) is 4.39. The Morgan fingerprint density at radius 3 is 2.83 bits per heavy atom. The molecule has 0 unspecified atom stereocenters. The summed E-state index contributed by atoms with van der Waals surface area (Å²) in [5.41, 5.74) is 3.55. The maximum absolute atomic E-state index is 5.14. The zero-order chi connectivity index (χ0) is 12.4. The van der Waals surface area contributed by atoms with E-state index in [4.69, 9.17) is 4.74 Å². The number of hydrogen-bond acceptors (Lipinski definition) is 4. The first-order valence-corrected chi connectivity index (χ1v) is 6.02. The molecular weight excluding hydrogens is 226 g/mol. The predicted molar refractivity (Wildman–Crippen MR) is 68.4 cm³/mol. The Morgan fingerprint density at radius 1 is 1.22 bits per heavy atom. The third kappa shape index (κ3) is 2.19.